The van der Waals surface area contributed by atoms with E-state index in [1.54, 1.807) is 12.1 Å². The lowest BCUT2D eigenvalue weighted by Gasteiger charge is -2.16. The van der Waals surface area contributed by atoms with E-state index in [4.69, 9.17) is 5.11 Å². The van der Waals surface area contributed by atoms with Gasteiger partial charge in [0, 0.05) is 6.42 Å². The average Bonchev–Trinajstić information content (AvgIpc) is 2.42. The molecule has 0 saturated heterocycles. The van der Waals surface area contributed by atoms with Crippen molar-refractivity contribution in [1.82, 2.24) is 0 Å². The van der Waals surface area contributed by atoms with Crippen LogP contribution in [0.4, 0.5) is 0 Å². The van der Waals surface area contributed by atoms with Crippen LogP contribution in [0.25, 0.3) is 0 Å². The van der Waals surface area contributed by atoms with Gasteiger partial charge < -0.3 is 15.0 Å². The summed E-state index contributed by atoms with van der Waals surface area (Å²) < 4.78 is 0. The molecule has 0 spiro atoms. The molecule has 5 nitrogen and oxygen atoms in total. The Hall–Kier alpha value is -2.17. The van der Waals surface area contributed by atoms with Crippen LogP contribution in [0.3, 0.4) is 0 Å². The molecule has 1 rings (SSSR count). The van der Waals surface area contributed by atoms with Gasteiger partial charge in [-0.15, -0.1) is 0 Å². The van der Waals surface area contributed by atoms with Crippen LogP contribution in [0.1, 0.15) is 59.4 Å². The number of hydrogen-bond donors (Lipinski definition) is 2. The molecule has 0 bridgehead atoms. The second kappa shape index (κ2) is 7.57. The molecule has 2 N–H and O–H groups in total. The van der Waals surface area contributed by atoms with Gasteiger partial charge in [-0.1, -0.05) is 25.5 Å². The van der Waals surface area contributed by atoms with E-state index in [2.05, 4.69) is 0 Å². The molecule has 0 heterocycles. The summed E-state index contributed by atoms with van der Waals surface area (Å²) in [5.41, 5.74) is 0.172. The molecule has 0 saturated carbocycles. The first kappa shape index (κ1) is 16.9. The van der Waals surface area contributed by atoms with E-state index in [-0.39, 0.29) is 22.8 Å². The number of rotatable bonds is 8. The molecular weight excluding hydrogens is 272 g/mol. The predicted octanol–water partition coefficient (Wildman–Crippen LogP) is 3.02. The monoisotopic (exact) mass is 292 g/mol. The van der Waals surface area contributed by atoms with E-state index in [0.29, 0.717) is 24.8 Å². The van der Waals surface area contributed by atoms with Crippen LogP contribution in [-0.4, -0.2) is 27.9 Å². The van der Waals surface area contributed by atoms with Crippen LogP contribution in [0.5, 0.6) is 0 Å². The summed E-state index contributed by atoms with van der Waals surface area (Å²) >= 11 is 0. The van der Waals surface area contributed by atoms with Crippen LogP contribution in [0.15, 0.2) is 18.2 Å². The van der Waals surface area contributed by atoms with E-state index in [9.17, 15) is 19.5 Å². The Balaban J connectivity index is 3.06. The zero-order valence-electron chi connectivity index (χ0n) is 12.3. The zero-order chi connectivity index (χ0) is 16.0. The summed E-state index contributed by atoms with van der Waals surface area (Å²) in [5.74, 6) is -2.21. The third kappa shape index (κ3) is 4.70. The van der Waals surface area contributed by atoms with Crippen molar-refractivity contribution in [3.8, 4) is 0 Å². The van der Waals surface area contributed by atoms with Crippen LogP contribution < -0.4 is 0 Å². The van der Waals surface area contributed by atoms with Crippen molar-refractivity contribution >= 4 is 17.7 Å². The molecule has 0 aliphatic carbocycles. The SMILES string of the molecule is CCC(CCC(C)=O)Cc1cccc(C(=O)O)c1C(=O)O. The molecule has 1 aromatic carbocycles. The number of carboxylic acid groups (broad SMARTS) is 2. The van der Waals surface area contributed by atoms with E-state index >= 15 is 0 Å². The number of carboxylic acids is 2. The highest BCUT2D eigenvalue weighted by atomic mass is 16.4. The highest BCUT2D eigenvalue weighted by molar-refractivity contribution is 6.02. The van der Waals surface area contributed by atoms with Crippen molar-refractivity contribution in [2.24, 2.45) is 5.92 Å². The third-order valence-electron chi connectivity index (χ3n) is 3.59. The molecule has 0 fully saturated rings. The Kier molecular flexibility index (Phi) is 6.09. The molecule has 5 heteroatoms. The maximum Gasteiger partial charge on any atom is 0.336 e. The van der Waals surface area contributed by atoms with E-state index in [1.807, 2.05) is 6.92 Å². The van der Waals surface area contributed by atoms with Gasteiger partial charge in [0.15, 0.2) is 0 Å². The van der Waals surface area contributed by atoms with Crippen LogP contribution >= 0.6 is 0 Å². The normalized spacial score (nSPS) is 11.9. The maximum absolute atomic E-state index is 11.4. The third-order valence-corrected chi connectivity index (χ3v) is 3.59. The summed E-state index contributed by atoms with van der Waals surface area (Å²) in [6.45, 7) is 3.51. The summed E-state index contributed by atoms with van der Waals surface area (Å²) in [7, 11) is 0. The lowest BCUT2D eigenvalue weighted by molar-refractivity contribution is -0.117. The average molecular weight is 292 g/mol. The smallest absolute Gasteiger partial charge is 0.336 e. The molecular formula is C16H20O5. The molecule has 1 unspecified atom stereocenters. The standard InChI is InChI=1S/C16H20O5/c1-3-11(8-7-10(2)17)9-12-5-4-6-13(15(18)19)14(12)16(20)21/h4-6,11H,3,7-9H2,1-2H3,(H,18,19)(H,20,21). The fourth-order valence-electron chi connectivity index (χ4n) is 2.37. The molecule has 114 valence electrons. The van der Waals surface area contributed by atoms with Crippen molar-refractivity contribution in [1.29, 1.82) is 0 Å². The Morgan fingerprint density at radius 2 is 1.81 bits per heavy atom. The minimum Gasteiger partial charge on any atom is -0.478 e. The first-order valence-electron chi connectivity index (χ1n) is 6.94. The zero-order valence-corrected chi connectivity index (χ0v) is 12.3. The largest absolute Gasteiger partial charge is 0.478 e. The lowest BCUT2D eigenvalue weighted by Crippen LogP contribution is -2.14. The quantitative estimate of drug-likeness (QED) is 0.768. The maximum atomic E-state index is 11.4. The molecule has 0 aliphatic heterocycles. The van der Waals surface area contributed by atoms with Crippen molar-refractivity contribution in [3.05, 3.63) is 34.9 Å². The number of benzene rings is 1. The molecule has 0 aliphatic rings. The number of ketones is 1. The summed E-state index contributed by atoms with van der Waals surface area (Å²) in [6.07, 6.45) is 2.41. The first-order chi connectivity index (χ1) is 9.86. The lowest BCUT2D eigenvalue weighted by atomic mass is 9.88. The first-order valence-corrected chi connectivity index (χ1v) is 6.94. The van der Waals surface area contributed by atoms with Crippen LogP contribution in [-0.2, 0) is 11.2 Å². The van der Waals surface area contributed by atoms with Gasteiger partial charge in [-0.3, -0.25) is 0 Å². The van der Waals surface area contributed by atoms with Gasteiger partial charge in [-0.25, -0.2) is 9.59 Å². The van der Waals surface area contributed by atoms with E-state index in [1.165, 1.54) is 13.0 Å². The summed E-state index contributed by atoms with van der Waals surface area (Å²) in [4.78, 5) is 33.6. The second-order valence-electron chi connectivity index (χ2n) is 5.17. The molecule has 0 radical (unpaired) electrons. The minimum atomic E-state index is -1.24. The van der Waals surface area contributed by atoms with Gasteiger partial charge in [0.25, 0.3) is 0 Å². The number of aromatic carboxylic acids is 2. The number of Topliss-reactive ketones (excluding diaryl/α,β-unsaturated/α-hetero) is 1. The topological polar surface area (TPSA) is 91.7 Å². The molecule has 0 amide bonds. The molecule has 0 aromatic heterocycles. The Morgan fingerprint density at radius 3 is 2.29 bits per heavy atom. The van der Waals surface area contributed by atoms with Crippen molar-refractivity contribution in [2.45, 2.75) is 39.5 Å². The molecule has 1 aromatic rings. The van der Waals surface area contributed by atoms with Gasteiger partial charge in [-0.2, -0.15) is 0 Å². The van der Waals surface area contributed by atoms with Gasteiger partial charge in [0.2, 0.25) is 0 Å². The Morgan fingerprint density at radius 1 is 1.14 bits per heavy atom. The number of hydrogen-bond acceptors (Lipinski definition) is 3. The molecule has 21 heavy (non-hydrogen) atoms. The Labute approximate surface area is 123 Å². The van der Waals surface area contributed by atoms with Crippen molar-refractivity contribution < 1.29 is 24.6 Å². The minimum absolute atomic E-state index is 0.103. The van der Waals surface area contributed by atoms with E-state index in [0.717, 1.165) is 6.42 Å². The number of carbonyl (C=O) groups excluding carboxylic acids is 1. The molecule has 1 atom stereocenters. The highest BCUT2D eigenvalue weighted by Gasteiger charge is 2.21. The second-order valence-corrected chi connectivity index (χ2v) is 5.17. The number of carbonyl (C=O) groups is 3. The summed E-state index contributed by atoms with van der Waals surface area (Å²) in [6, 6.07) is 4.50. The van der Waals surface area contributed by atoms with Crippen LogP contribution in [0, 0.1) is 5.92 Å². The van der Waals surface area contributed by atoms with Crippen LogP contribution in [0.2, 0.25) is 0 Å². The van der Waals surface area contributed by atoms with Gasteiger partial charge in [0.1, 0.15) is 5.78 Å². The van der Waals surface area contributed by atoms with Crippen molar-refractivity contribution in [3.63, 3.8) is 0 Å². The van der Waals surface area contributed by atoms with Gasteiger partial charge >= 0.3 is 11.9 Å². The summed E-state index contributed by atoms with van der Waals surface area (Å²) in [5, 5.41) is 18.4. The van der Waals surface area contributed by atoms with Gasteiger partial charge in [-0.05, 0) is 37.3 Å². The van der Waals surface area contributed by atoms with Gasteiger partial charge in [0.05, 0.1) is 11.1 Å². The Bertz CT molecular complexity index is 548. The fraction of sp³-hybridized carbons (Fsp3) is 0.438. The van der Waals surface area contributed by atoms with E-state index < -0.39 is 11.9 Å². The predicted molar refractivity (Wildman–Crippen MR) is 77.8 cm³/mol. The highest BCUT2D eigenvalue weighted by Crippen LogP contribution is 2.23. The van der Waals surface area contributed by atoms with Crippen molar-refractivity contribution in [2.75, 3.05) is 0 Å². The fourth-order valence-corrected chi connectivity index (χ4v) is 2.37.